The molecule has 1 aromatic carbocycles. The number of nitrogens with zero attached hydrogens (tertiary/aromatic N) is 4. The summed E-state index contributed by atoms with van der Waals surface area (Å²) in [5.41, 5.74) is 4.55. The van der Waals surface area contributed by atoms with E-state index >= 15 is 0 Å². The predicted octanol–water partition coefficient (Wildman–Crippen LogP) is 4.94. The van der Waals surface area contributed by atoms with E-state index in [0.717, 1.165) is 60.9 Å². The molecule has 6 rings (SSSR count). The van der Waals surface area contributed by atoms with E-state index in [1.807, 2.05) is 28.5 Å². The fraction of sp³-hybridized carbons (Fsp3) is 0.529. The van der Waals surface area contributed by atoms with E-state index in [2.05, 4.69) is 57.9 Å². The highest BCUT2D eigenvalue weighted by molar-refractivity contribution is 7.89. The molecule has 1 fully saturated rings. The molecule has 2 aliphatic rings. The Morgan fingerprint density at radius 3 is 2.74 bits per heavy atom. The number of fused-ring (bicyclic) bond motifs is 4. The van der Waals surface area contributed by atoms with Gasteiger partial charge in [-0.05, 0) is 80.1 Å². The topological polar surface area (TPSA) is 131 Å². The van der Waals surface area contributed by atoms with Crippen molar-refractivity contribution in [2.75, 3.05) is 26.5 Å². The normalized spacial score (nSPS) is 22.3. The summed E-state index contributed by atoms with van der Waals surface area (Å²) in [6.07, 6.45) is 11.7. The minimum Gasteiger partial charge on any atom is -0.444 e. The van der Waals surface area contributed by atoms with Crippen LogP contribution in [0.5, 0.6) is 0 Å². The standard InChI is InChI=1S/C34H45N6O5S/c1-5-25-8-7-9-26-27-15-17-45-34(6-2,31(27)38-30(25)26)18-29(41)44-22-40-16-14-28-32(36-21-37-33(28)40)39(4)19-23-10-12-24(13-11-23)20-46(42,43)35-3/h7-9,14,16,19,21,23-24,35,38H,5-6,10-13,15,17-18,20,22H2,1-4H3/q+1. The number of benzene rings is 1. The number of carbonyl (C=O) groups excluding carboxylic acids is 1. The summed E-state index contributed by atoms with van der Waals surface area (Å²) in [5.74, 6) is 1.15. The van der Waals surface area contributed by atoms with Crippen molar-refractivity contribution in [1.82, 2.24) is 24.2 Å². The second-order valence-electron chi connectivity index (χ2n) is 12.7. The number of ether oxygens (including phenoxy) is 2. The quantitative estimate of drug-likeness (QED) is 0.134. The molecule has 0 radical (unpaired) electrons. The van der Waals surface area contributed by atoms with Gasteiger partial charge < -0.3 is 14.5 Å². The molecule has 1 unspecified atom stereocenters. The van der Waals surface area contributed by atoms with E-state index in [1.54, 1.807) is 0 Å². The van der Waals surface area contributed by atoms with Gasteiger partial charge in [0.1, 0.15) is 11.0 Å². The summed E-state index contributed by atoms with van der Waals surface area (Å²) in [7, 11) is 0.254. The third-order valence-electron chi connectivity index (χ3n) is 9.92. The van der Waals surface area contributed by atoms with Crippen molar-refractivity contribution in [3.63, 3.8) is 0 Å². The van der Waals surface area contributed by atoms with Crippen molar-refractivity contribution in [2.24, 2.45) is 11.8 Å². The third kappa shape index (κ3) is 6.34. The number of sulfonamides is 1. The van der Waals surface area contributed by atoms with E-state index in [4.69, 9.17) is 9.47 Å². The van der Waals surface area contributed by atoms with Crippen LogP contribution in [0.15, 0.2) is 36.8 Å². The molecular formula is C34H45N6O5S+. The summed E-state index contributed by atoms with van der Waals surface area (Å²) in [5, 5.41) is 2.08. The van der Waals surface area contributed by atoms with Crippen LogP contribution in [0.4, 0.5) is 5.82 Å². The van der Waals surface area contributed by atoms with Crippen LogP contribution in [-0.2, 0) is 49.5 Å². The van der Waals surface area contributed by atoms with Crippen molar-refractivity contribution in [1.29, 1.82) is 0 Å². The van der Waals surface area contributed by atoms with Crippen LogP contribution in [0.1, 0.15) is 69.2 Å². The average molecular weight is 650 g/mol. The van der Waals surface area contributed by atoms with Gasteiger partial charge in [0, 0.05) is 23.0 Å². The first-order valence-electron chi connectivity index (χ1n) is 16.4. The molecule has 4 heterocycles. The number of hydrogen-bond acceptors (Lipinski definition) is 7. The van der Waals surface area contributed by atoms with E-state index in [1.165, 1.54) is 29.9 Å². The predicted molar refractivity (Wildman–Crippen MR) is 178 cm³/mol. The van der Waals surface area contributed by atoms with E-state index < -0.39 is 15.6 Å². The highest BCUT2D eigenvalue weighted by Gasteiger charge is 2.41. The van der Waals surface area contributed by atoms with Crippen molar-refractivity contribution in [3.8, 4) is 0 Å². The maximum atomic E-state index is 13.4. The maximum Gasteiger partial charge on any atom is 0.335 e. The van der Waals surface area contributed by atoms with E-state index in [0.29, 0.717) is 24.6 Å². The van der Waals surface area contributed by atoms with Gasteiger partial charge in [0.25, 0.3) is 0 Å². The molecule has 1 saturated carbocycles. The number of aryl methyl sites for hydroxylation is 1. The molecule has 11 nitrogen and oxygen atoms in total. The van der Waals surface area contributed by atoms with Crippen LogP contribution in [0.2, 0.25) is 0 Å². The van der Waals surface area contributed by atoms with Gasteiger partial charge in [-0.3, -0.25) is 9.36 Å². The molecule has 12 heteroatoms. The fourth-order valence-corrected chi connectivity index (χ4v) is 8.45. The molecular weight excluding hydrogens is 604 g/mol. The smallest absolute Gasteiger partial charge is 0.335 e. The third-order valence-corrected chi connectivity index (χ3v) is 11.5. The zero-order valence-electron chi connectivity index (χ0n) is 27.2. The largest absolute Gasteiger partial charge is 0.444 e. The van der Waals surface area contributed by atoms with Gasteiger partial charge in [-0.1, -0.05) is 32.0 Å². The lowest BCUT2D eigenvalue weighted by Crippen LogP contribution is -2.37. The lowest BCUT2D eigenvalue weighted by Gasteiger charge is -2.36. The lowest BCUT2D eigenvalue weighted by atomic mass is 9.83. The molecule has 0 saturated heterocycles. The molecule has 2 N–H and O–H groups in total. The van der Waals surface area contributed by atoms with Crippen LogP contribution in [0, 0.1) is 11.8 Å². The summed E-state index contributed by atoms with van der Waals surface area (Å²) in [4.78, 5) is 26.1. The van der Waals surface area contributed by atoms with Gasteiger partial charge >= 0.3 is 11.8 Å². The number of aromatic nitrogens is 4. The van der Waals surface area contributed by atoms with Crippen LogP contribution in [0.25, 0.3) is 21.9 Å². The number of carbonyl (C=O) groups is 1. The van der Waals surface area contributed by atoms with Crippen molar-refractivity contribution in [3.05, 3.63) is 53.6 Å². The highest BCUT2D eigenvalue weighted by Crippen LogP contribution is 2.42. The van der Waals surface area contributed by atoms with Gasteiger partial charge in [0.15, 0.2) is 12.4 Å². The van der Waals surface area contributed by atoms with Gasteiger partial charge in [-0.2, -0.15) is 4.98 Å². The van der Waals surface area contributed by atoms with Gasteiger partial charge in [0.2, 0.25) is 16.4 Å². The molecule has 4 aromatic rings. The zero-order valence-corrected chi connectivity index (χ0v) is 28.0. The Morgan fingerprint density at radius 2 is 2.00 bits per heavy atom. The summed E-state index contributed by atoms with van der Waals surface area (Å²) in [6, 6.07) is 8.35. The second kappa shape index (κ2) is 13.2. The first kappa shape index (κ1) is 32.3. The van der Waals surface area contributed by atoms with E-state index in [-0.39, 0.29) is 30.8 Å². The Labute approximate surface area is 270 Å². The van der Waals surface area contributed by atoms with Crippen LogP contribution in [0.3, 0.4) is 0 Å². The number of rotatable bonds is 11. The van der Waals surface area contributed by atoms with Crippen LogP contribution < -0.4 is 4.72 Å². The molecule has 1 aliphatic heterocycles. The number of nitrogens with one attached hydrogen (secondary N) is 2. The molecule has 1 atom stereocenters. The lowest BCUT2D eigenvalue weighted by molar-refractivity contribution is -0.405. The fourth-order valence-electron chi connectivity index (χ4n) is 7.33. The first-order chi connectivity index (χ1) is 22.2. The minimum absolute atomic E-state index is 0.0328. The Morgan fingerprint density at radius 1 is 1.20 bits per heavy atom. The van der Waals surface area contributed by atoms with Crippen molar-refractivity contribution >= 4 is 50.0 Å². The monoisotopic (exact) mass is 649 g/mol. The average Bonchev–Trinajstić information content (AvgIpc) is 3.67. The number of hydrogen-bond donors (Lipinski definition) is 2. The van der Waals surface area contributed by atoms with Gasteiger partial charge in [0.05, 0.1) is 37.7 Å². The van der Waals surface area contributed by atoms with Crippen LogP contribution >= 0.6 is 0 Å². The molecule has 46 heavy (non-hydrogen) atoms. The molecule has 0 spiro atoms. The van der Waals surface area contributed by atoms with Gasteiger partial charge in [-0.15, -0.1) is 0 Å². The number of esters is 1. The Kier molecular flexibility index (Phi) is 9.31. The summed E-state index contributed by atoms with van der Waals surface area (Å²) in [6.45, 7) is 4.80. The van der Waals surface area contributed by atoms with Crippen molar-refractivity contribution < 1.29 is 27.3 Å². The second-order valence-corrected chi connectivity index (χ2v) is 14.7. The van der Waals surface area contributed by atoms with E-state index in [9.17, 15) is 13.2 Å². The maximum absolute atomic E-state index is 13.4. The molecule has 0 amide bonds. The molecule has 1 aliphatic carbocycles. The van der Waals surface area contributed by atoms with Gasteiger partial charge in [-0.25, -0.2) is 17.7 Å². The molecule has 246 valence electrons. The molecule has 0 bridgehead atoms. The first-order valence-corrected chi connectivity index (χ1v) is 18.0. The highest BCUT2D eigenvalue weighted by atomic mass is 32.2. The Bertz CT molecular complexity index is 1870. The Balaban J connectivity index is 1.13. The Hall–Kier alpha value is -3.61. The van der Waals surface area contributed by atoms with Crippen LogP contribution in [-0.4, -0.2) is 71.2 Å². The summed E-state index contributed by atoms with van der Waals surface area (Å²) < 4.78 is 42.4. The zero-order chi connectivity index (χ0) is 32.5. The SMILES string of the molecule is CCc1cccc2c3c([nH]c12)C(CC)(CC(=O)OCn1ccc2c([N+](C)=CC4CCC(CS(=O)(=O)NC)CC4)ncnc21)OCC3. The number of para-hydroxylation sites is 1. The van der Waals surface area contributed by atoms with Crippen molar-refractivity contribution in [2.45, 2.75) is 77.5 Å². The summed E-state index contributed by atoms with van der Waals surface area (Å²) >= 11 is 0. The minimum atomic E-state index is -3.20. The number of aromatic amines is 1. The number of H-pyrrole nitrogens is 1. The molecule has 3 aromatic heterocycles.